The fourth-order valence-corrected chi connectivity index (χ4v) is 4.65. The smallest absolute Gasteiger partial charge is 0.310 e. The maximum atomic E-state index is 12.6. The van der Waals surface area contributed by atoms with Crippen molar-refractivity contribution >= 4 is 11.9 Å². The van der Waals surface area contributed by atoms with E-state index in [0.717, 1.165) is 41.0 Å². The van der Waals surface area contributed by atoms with E-state index in [1.54, 1.807) is 0 Å². The van der Waals surface area contributed by atoms with E-state index in [1.807, 2.05) is 67.8 Å². The fourth-order valence-electron chi connectivity index (χ4n) is 4.65. The lowest BCUT2D eigenvalue weighted by Crippen LogP contribution is -2.58. The van der Waals surface area contributed by atoms with E-state index >= 15 is 0 Å². The van der Waals surface area contributed by atoms with Crippen LogP contribution in [0.25, 0.3) is 22.5 Å². The third-order valence-electron chi connectivity index (χ3n) is 7.42. The number of unbranched alkanes of at least 4 members (excludes halogenated alkanes) is 4. The molecule has 3 N–H and O–H groups in total. The lowest BCUT2D eigenvalue weighted by molar-refractivity contribution is -0.153. The molecule has 2 aromatic carbocycles. The van der Waals surface area contributed by atoms with Crippen molar-refractivity contribution in [2.75, 3.05) is 19.7 Å². The lowest BCUT2D eigenvalue weighted by atomic mass is 9.90. The molecule has 0 saturated carbocycles. The quantitative estimate of drug-likeness (QED) is 0.294. The molecule has 8 nitrogen and oxygen atoms in total. The molecule has 4 rings (SSSR count). The number of likely N-dealkylation sites (tertiary alicyclic amines) is 1. The Labute approximate surface area is 230 Å². The van der Waals surface area contributed by atoms with Crippen molar-refractivity contribution < 1.29 is 19.4 Å². The summed E-state index contributed by atoms with van der Waals surface area (Å²) in [5, 5.41) is 9.03. The third-order valence-corrected chi connectivity index (χ3v) is 7.42. The van der Waals surface area contributed by atoms with Crippen LogP contribution in [0.15, 0.2) is 60.9 Å². The number of ether oxygens (including phenoxy) is 1. The molecule has 3 aromatic rings. The van der Waals surface area contributed by atoms with Crippen molar-refractivity contribution in [3.63, 3.8) is 0 Å². The highest BCUT2D eigenvalue weighted by Crippen LogP contribution is 2.26. The van der Waals surface area contributed by atoms with Crippen LogP contribution in [0.1, 0.15) is 57.4 Å². The number of carbonyl (C=O) groups excluding carboxylic acids is 1. The average molecular weight is 531 g/mol. The molecular formula is C31H38N4O4. The van der Waals surface area contributed by atoms with Crippen LogP contribution < -0.4 is 10.5 Å². The Morgan fingerprint density at radius 3 is 2.18 bits per heavy atom. The highest BCUT2D eigenvalue weighted by molar-refractivity contribution is 5.85. The van der Waals surface area contributed by atoms with E-state index in [4.69, 9.17) is 15.6 Å². The highest BCUT2D eigenvalue weighted by atomic mass is 16.5. The van der Waals surface area contributed by atoms with Gasteiger partial charge in [0, 0.05) is 42.5 Å². The Balaban J connectivity index is 1.30. The molecule has 0 aliphatic carbocycles. The van der Waals surface area contributed by atoms with E-state index in [9.17, 15) is 9.59 Å². The van der Waals surface area contributed by atoms with Gasteiger partial charge in [-0.25, -0.2) is 9.97 Å². The van der Waals surface area contributed by atoms with Crippen LogP contribution in [-0.4, -0.2) is 57.6 Å². The van der Waals surface area contributed by atoms with E-state index in [2.05, 4.69) is 16.9 Å². The molecule has 0 spiro atoms. The molecule has 1 aliphatic heterocycles. The first-order valence-corrected chi connectivity index (χ1v) is 13.8. The standard InChI is InChI=1S/C31H38N4O4/c1-3-4-5-6-7-16-39-27-14-12-23(13-15-27)25-17-33-29(34-18-25)24-10-8-22(9-11-24)21(2)28(32)30(36)35-19-26(20-35)31(37)38/h8-15,17-18,21,26,28H,3-7,16,19-20,32H2,1-2H3,(H,37,38). The Bertz CT molecular complexity index is 1220. The van der Waals surface area contributed by atoms with Gasteiger partial charge < -0.3 is 20.5 Å². The summed E-state index contributed by atoms with van der Waals surface area (Å²) >= 11 is 0. The second kappa shape index (κ2) is 13.3. The van der Waals surface area contributed by atoms with Gasteiger partial charge in [-0.3, -0.25) is 9.59 Å². The first-order valence-electron chi connectivity index (χ1n) is 13.8. The molecule has 1 amide bonds. The molecule has 1 aromatic heterocycles. The highest BCUT2D eigenvalue weighted by Gasteiger charge is 2.38. The summed E-state index contributed by atoms with van der Waals surface area (Å²) in [4.78, 5) is 34.3. The van der Waals surface area contributed by atoms with Crippen molar-refractivity contribution in [3.05, 3.63) is 66.5 Å². The molecule has 39 heavy (non-hydrogen) atoms. The number of carboxylic acid groups (broad SMARTS) is 1. The summed E-state index contributed by atoms with van der Waals surface area (Å²) in [7, 11) is 0. The van der Waals surface area contributed by atoms with Crippen LogP contribution in [0.3, 0.4) is 0 Å². The summed E-state index contributed by atoms with van der Waals surface area (Å²) in [6.07, 6.45) is 9.72. The number of nitrogens with two attached hydrogens (primary N) is 1. The number of rotatable bonds is 13. The fraction of sp³-hybridized carbons (Fsp3) is 0.419. The molecule has 1 saturated heterocycles. The van der Waals surface area contributed by atoms with Crippen molar-refractivity contribution in [2.45, 2.75) is 57.9 Å². The van der Waals surface area contributed by atoms with Crippen molar-refractivity contribution in [1.29, 1.82) is 0 Å². The van der Waals surface area contributed by atoms with Crippen LogP contribution >= 0.6 is 0 Å². The van der Waals surface area contributed by atoms with Gasteiger partial charge in [0.1, 0.15) is 5.75 Å². The number of carboxylic acids is 1. The van der Waals surface area contributed by atoms with Gasteiger partial charge in [-0.2, -0.15) is 0 Å². The summed E-state index contributed by atoms with van der Waals surface area (Å²) < 4.78 is 5.86. The van der Waals surface area contributed by atoms with Crippen LogP contribution in [0.5, 0.6) is 5.75 Å². The van der Waals surface area contributed by atoms with E-state index in [-0.39, 0.29) is 24.9 Å². The first kappa shape index (κ1) is 28.2. The molecule has 2 atom stereocenters. The molecule has 0 bridgehead atoms. The number of hydrogen-bond acceptors (Lipinski definition) is 6. The predicted octanol–water partition coefficient (Wildman–Crippen LogP) is 5.13. The minimum absolute atomic E-state index is 0.216. The zero-order chi connectivity index (χ0) is 27.8. The van der Waals surface area contributed by atoms with Crippen LogP contribution in [0.2, 0.25) is 0 Å². The number of carbonyl (C=O) groups is 2. The maximum Gasteiger partial charge on any atom is 0.310 e. The van der Waals surface area contributed by atoms with Crippen LogP contribution in [0.4, 0.5) is 0 Å². The van der Waals surface area contributed by atoms with Crippen molar-refractivity contribution in [3.8, 4) is 28.3 Å². The Hall–Kier alpha value is -3.78. The number of aliphatic carboxylic acids is 1. The minimum atomic E-state index is -0.877. The van der Waals surface area contributed by atoms with Crippen molar-refractivity contribution in [1.82, 2.24) is 14.9 Å². The Morgan fingerprint density at radius 2 is 1.56 bits per heavy atom. The van der Waals surface area contributed by atoms with Gasteiger partial charge in [0.25, 0.3) is 0 Å². The summed E-state index contributed by atoms with van der Waals surface area (Å²) in [6.45, 7) is 5.30. The normalized spacial score (nSPS) is 14.9. The maximum absolute atomic E-state index is 12.6. The molecular weight excluding hydrogens is 492 g/mol. The molecule has 1 fully saturated rings. The first-order chi connectivity index (χ1) is 18.9. The number of aromatic nitrogens is 2. The van der Waals surface area contributed by atoms with Gasteiger partial charge in [0.2, 0.25) is 5.91 Å². The SMILES string of the molecule is CCCCCCCOc1ccc(-c2cnc(-c3ccc(C(C)C(N)C(=O)N4CC(C(=O)O)C4)cc3)nc2)cc1. The summed E-state index contributed by atoms with van der Waals surface area (Å²) in [5.41, 5.74) is 9.97. The van der Waals surface area contributed by atoms with E-state index in [1.165, 1.54) is 30.6 Å². The van der Waals surface area contributed by atoms with Gasteiger partial charge in [-0.15, -0.1) is 0 Å². The minimum Gasteiger partial charge on any atom is -0.494 e. The van der Waals surface area contributed by atoms with Crippen molar-refractivity contribution in [2.24, 2.45) is 11.7 Å². The Morgan fingerprint density at radius 1 is 0.949 bits per heavy atom. The monoisotopic (exact) mass is 530 g/mol. The number of amides is 1. The van der Waals surface area contributed by atoms with Gasteiger partial charge in [-0.1, -0.05) is 75.9 Å². The van der Waals surface area contributed by atoms with Crippen LogP contribution in [-0.2, 0) is 9.59 Å². The largest absolute Gasteiger partial charge is 0.494 e. The zero-order valence-electron chi connectivity index (χ0n) is 22.8. The topological polar surface area (TPSA) is 119 Å². The lowest BCUT2D eigenvalue weighted by Gasteiger charge is -2.39. The molecule has 2 heterocycles. The summed E-state index contributed by atoms with van der Waals surface area (Å²) in [5.74, 6) is -0.321. The molecule has 0 radical (unpaired) electrons. The van der Waals surface area contributed by atoms with E-state index < -0.39 is 17.9 Å². The van der Waals surface area contributed by atoms with Gasteiger partial charge >= 0.3 is 5.97 Å². The molecule has 1 aliphatic rings. The number of hydrogen-bond donors (Lipinski definition) is 2. The van der Waals surface area contributed by atoms with E-state index in [0.29, 0.717) is 5.82 Å². The average Bonchev–Trinajstić information content (AvgIpc) is 2.93. The second-order valence-electron chi connectivity index (χ2n) is 10.3. The predicted molar refractivity (Wildman–Crippen MR) is 151 cm³/mol. The second-order valence-corrected chi connectivity index (χ2v) is 10.3. The number of nitrogens with zero attached hydrogens (tertiary/aromatic N) is 3. The van der Waals surface area contributed by atoms with Gasteiger partial charge in [0.05, 0.1) is 18.6 Å². The summed E-state index contributed by atoms with van der Waals surface area (Å²) in [6, 6.07) is 15.0. The number of benzene rings is 2. The molecule has 2 unspecified atom stereocenters. The van der Waals surface area contributed by atoms with Gasteiger partial charge in [0.15, 0.2) is 5.82 Å². The third kappa shape index (κ3) is 7.20. The Kier molecular flexibility index (Phi) is 9.65. The molecule has 8 heteroatoms. The zero-order valence-corrected chi connectivity index (χ0v) is 22.8. The van der Waals surface area contributed by atoms with Crippen LogP contribution in [0, 0.1) is 5.92 Å². The molecule has 206 valence electrons. The van der Waals surface area contributed by atoms with Gasteiger partial charge in [-0.05, 0) is 29.7 Å².